The van der Waals surface area contributed by atoms with Crippen LogP contribution in [0.4, 0.5) is 0 Å². The van der Waals surface area contributed by atoms with Gasteiger partial charge >= 0.3 is 5.97 Å². The van der Waals surface area contributed by atoms with Crippen molar-refractivity contribution in [1.29, 1.82) is 0 Å². The molecular weight excluding hydrogens is 362 g/mol. The molecule has 1 aromatic heterocycles. The topological polar surface area (TPSA) is 89.2 Å². The lowest BCUT2D eigenvalue weighted by Gasteiger charge is -2.19. The molecule has 0 spiro atoms. The van der Waals surface area contributed by atoms with Crippen molar-refractivity contribution in [2.45, 2.75) is 27.4 Å². The molecular formula is C21H25NO6. The third-order valence-electron chi connectivity index (χ3n) is 4.04. The second-order valence-electron chi connectivity index (χ2n) is 6.06. The fourth-order valence-corrected chi connectivity index (χ4v) is 2.60. The van der Waals surface area contributed by atoms with Gasteiger partial charge in [0.2, 0.25) is 5.91 Å². The number of carboxylic acid groups (broad SMARTS) is 1. The maximum atomic E-state index is 12.4. The number of ether oxygens (including phenoxy) is 2. The van der Waals surface area contributed by atoms with E-state index in [2.05, 4.69) is 0 Å². The van der Waals surface area contributed by atoms with Crippen molar-refractivity contribution in [3.05, 3.63) is 53.5 Å². The van der Waals surface area contributed by atoms with E-state index in [4.69, 9.17) is 19.0 Å². The summed E-state index contributed by atoms with van der Waals surface area (Å²) in [5.41, 5.74) is 1.29. The predicted molar refractivity (Wildman–Crippen MR) is 104 cm³/mol. The van der Waals surface area contributed by atoms with Gasteiger partial charge in [-0.2, -0.15) is 0 Å². The Kier molecular flexibility index (Phi) is 7.68. The average molecular weight is 387 g/mol. The lowest BCUT2D eigenvalue weighted by Crippen LogP contribution is -2.30. The minimum atomic E-state index is -1.09. The molecule has 0 saturated carbocycles. The van der Waals surface area contributed by atoms with Crippen LogP contribution < -0.4 is 9.47 Å². The van der Waals surface area contributed by atoms with Crippen molar-refractivity contribution in [2.24, 2.45) is 0 Å². The lowest BCUT2D eigenvalue weighted by atomic mass is 10.1. The van der Waals surface area contributed by atoms with E-state index in [0.717, 1.165) is 0 Å². The van der Waals surface area contributed by atoms with Gasteiger partial charge in [-0.25, -0.2) is 4.79 Å². The first-order valence-corrected chi connectivity index (χ1v) is 9.06. The van der Waals surface area contributed by atoms with E-state index in [0.29, 0.717) is 35.7 Å². The third kappa shape index (κ3) is 5.90. The second-order valence-corrected chi connectivity index (χ2v) is 6.06. The first-order valence-electron chi connectivity index (χ1n) is 9.06. The van der Waals surface area contributed by atoms with Crippen LogP contribution in [0.15, 0.2) is 46.6 Å². The number of carboxylic acids is 1. The van der Waals surface area contributed by atoms with Crippen molar-refractivity contribution in [3.63, 3.8) is 0 Å². The molecule has 0 aliphatic carbocycles. The molecule has 1 aromatic carbocycles. The Hall–Kier alpha value is -3.22. The molecule has 150 valence electrons. The maximum absolute atomic E-state index is 12.4. The number of carbonyl (C=O) groups excluding carboxylic acids is 1. The number of aliphatic carboxylic acids is 1. The van der Waals surface area contributed by atoms with Gasteiger partial charge in [-0.3, -0.25) is 4.79 Å². The Morgan fingerprint density at radius 3 is 2.50 bits per heavy atom. The zero-order chi connectivity index (χ0) is 20.5. The molecule has 0 fully saturated rings. The Morgan fingerprint density at radius 1 is 1.14 bits per heavy atom. The summed E-state index contributed by atoms with van der Waals surface area (Å²) in [5, 5.41) is 8.91. The minimum absolute atomic E-state index is 0.0452. The van der Waals surface area contributed by atoms with E-state index in [-0.39, 0.29) is 18.3 Å². The normalized spacial score (nSPS) is 11.2. The molecule has 0 unspecified atom stereocenters. The van der Waals surface area contributed by atoms with E-state index < -0.39 is 12.6 Å². The summed E-state index contributed by atoms with van der Waals surface area (Å²) in [4.78, 5) is 25.0. The number of nitrogens with zero attached hydrogens (tertiary/aromatic N) is 1. The number of benzene rings is 1. The van der Waals surface area contributed by atoms with E-state index in [1.54, 1.807) is 54.5 Å². The monoisotopic (exact) mass is 387 g/mol. The first-order chi connectivity index (χ1) is 13.4. The fraction of sp³-hybridized carbons (Fsp3) is 0.333. The second kappa shape index (κ2) is 10.2. The molecule has 0 atom stereocenters. The average Bonchev–Trinajstić information content (AvgIpc) is 3.20. The molecule has 0 radical (unpaired) electrons. The van der Waals surface area contributed by atoms with E-state index in [9.17, 15) is 9.59 Å². The molecule has 0 saturated heterocycles. The molecule has 7 heteroatoms. The van der Waals surface area contributed by atoms with E-state index >= 15 is 0 Å². The van der Waals surface area contributed by atoms with Gasteiger partial charge in [-0.05, 0) is 56.7 Å². The molecule has 0 aliphatic heterocycles. The highest BCUT2D eigenvalue weighted by atomic mass is 16.5. The van der Waals surface area contributed by atoms with Crippen molar-refractivity contribution >= 4 is 18.0 Å². The summed E-state index contributed by atoms with van der Waals surface area (Å²) >= 11 is 0. The van der Waals surface area contributed by atoms with E-state index in [1.165, 1.54) is 0 Å². The standard InChI is InChI=1S/C21H25NO6/c1-4-22(5-2)21(25)15(3)11-16-8-9-18(19(12-16)28-14-20(23)24)27-13-17-7-6-10-26-17/h6-12H,4-5,13-14H2,1-3H3,(H,23,24)/b15-11-. The van der Waals surface area contributed by atoms with Crippen LogP contribution in [-0.4, -0.2) is 41.6 Å². The van der Waals surface area contributed by atoms with Gasteiger partial charge in [0.25, 0.3) is 0 Å². The predicted octanol–water partition coefficient (Wildman–Crippen LogP) is 3.59. The maximum Gasteiger partial charge on any atom is 0.341 e. The van der Waals surface area contributed by atoms with Crippen LogP contribution in [0.3, 0.4) is 0 Å². The summed E-state index contributed by atoms with van der Waals surface area (Å²) in [6.45, 7) is 6.56. The molecule has 0 aliphatic rings. The Bertz CT molecular complexity index is 821. The zero-order valence-corrected chi connectivity index (χ0v) is 16.3. The smallest absolute Gasteiger partial charge is 0.341 e. The van der Waals surface area contributed by atoms with Crippen LogP contribution in [0.2, 0.25) is 0 Å². The Morgan fingerprint density at radius 2 is 1.89 bits per heavy atom. The van der Waals surface area contributed by atoms with Crippen molar-refractivity contribution in [3.8, 4) is 11.5 Å². The largest absolute Gasteiger partial charge is 0.482 e. The summed E-state index contributed by atoms with van der Waals surface area (Å²) in [5.74, 6) is 0.170. The molecule has 1 N–H and O–H groups in total. The SMILES string of the molecule is CCN(CC)C(=O)/C(C)=C\c1ccc(OCc2ccco2)c(OCC(=O)O)c1. The minimum Gasteiger partial charge on any atom is -0.482 e. The fourth-order valence-electron chi connectivity index (χ4n) is 2.60. The van der Waals surface area contributed by atoms with Crippen LogP contribution >= 0.6 is 0 Å². The van der Waals surface area contributed by atoms with Crippen LogP contribution in [0.1, 0.15) is 32.1 Å². The zero-order valence-electron chi connectivity index (χ0n) is 16.3. The summed E-state index contributed by atoms with van der Waals surface area (Å²) in [6.07, 6.45) is 3.29. The van der Waals surface area contributed by atoms with Crippen molar-refractivity contribution < 1.29 is 28.6 Å². The molecule has 2 aromatic rings. The van der Waals surface area contributed by atoms with E-state index in [1.807, 2.05) is 13.8 Å². The highest BCUT2D eigenvalue weighted by Gasteiger charge is 2.13. The Labute approximate surface area is 164 Å². The van der Waals surface area contributed by atoms with Crippen molar-refractivity contribution in [1.82, 2.24) is 4.90 Å². The summed E-state index contributed by atoms with van der Waals surface area (Å²) in [7, 11) is 0. The van der Waals surface area contributed by atoms with Crippen molar-refractivity contribution in [2.75, 3.05) is 19.7 Å². The highest BCUT2D eigenvalue weighted by Crippen LogP contribution is 2.30. The summed E-state index contributed by atoms with van der Waals surface area (Å²) < 4.78 is 16.3. The van der Waals surface area contributed by atoms with Gasteiger partial charge in [0.15, 0.2) is 18.1 Å². The molecule has 2 rings (SSSR count). The quantitative estimate of drug-likeness (QED) is 0.627. The van der Waals surface area contributed by atoms with Gasteiger partial charge in [0, 0.05) is 18.7 Å². The molecule has 1 amide bonds. The lowest BCUT2D eigenvalue weighted by molar-refractivity contribution is -0.139. The number of hydrogen-bond donors (Lipinski definition) is 1. The third-order valence-corrected chi connectivity index (χ3v) is 4.04. The number of hydrogen-bond acceptors (Lipinski definition) is 5. The van der Waals surface area contributed by atoms with Gasteiger partial charge in [-0.15, -0.1) is 0 Å². The molecule has 0 bridgehead atoms. The molecule has 28 heavy (non-hydrogen) atoms. The number of likely N-dealkylation sites (N-methyl/N-ethyl adjacent to an activating group) is 1. The number of furan rings is 1. The Balaban J connectivity index is 2.23. The number of rotatable bonds is 10. The molecule has 1 heterocycles. The number of carbonyl (C=O) groups is 2. The summed E-state index contributed by atoms with van der Waals surface area (Å²) in [6, 6.07) is 8.64. The van der Waals surface area contributed by atoms with Gasteiger partial charge in [-0.1, -0.05) is 6.07 Å². The van der Waals surface area contributed by atoms with Gasteiger partial charge < -0.3 is 23.9 Å². The number of amides is 1. The first kappa shape index (κ1) is 21.1. The van der Waals surface area contributed by atoms with Crippen LogP contribution in [-0.2, 0) is 16.2 Å². The van der Waals surface area contributed by atoms with Crippen LogP contribution in [0.5, 0.6) is 11.5 Å². The molecule has 7 nitrogen and oxygen atoms in total. The van der Waals surface area contributed by atoms with Gasteiger partial charge in [0.1, 0.15) is 12.4 Å². The van der Waals surface area contributed by atoms with Gasteiger partial charge in [0.05, 0.1) is 6.26 Å². The van der Waals surface area contributed by atoms with Crippen LogP contribution in [0, 0.1) is 0 Å². The van der Waals surface area contributed by atoms with Crippen LogP contribution in [0.25, 0.3) is 6.08 Å². The highest BCUT2D eigenvalue weighted by molar-refractivity contribution is 5.97.